The Balaban J connectivity index is 2.16. The van der Waals surface area contributed by atoms with E-state index in [9.17, 15) is 4.79 Å². The minimum absolute atomic E-state index is 0.114. The molecule has 0 amide bonds. The molecule has 0 atom stereocenters. The average Bonchev–Trinajstić information content (AvgIpc) is 2.69. The van der Waals surface area contributed by atoms with E-state index in [1.165, 1.54) is 9.81 Å². The van der Waals surface area contributed by atoms with Crippen LogP contribution in [0.25, 0.3) is 0 Å². The fourth-order valence-electron chi connectivity index (χ4n) is 2.86. The first-order valence-electron chi connectivity index (χ1n) is 8.32. The summed E-state index contributed by atoms with van der Waals surface area (Å²) in [6, 6.07) is 24.5. The monoisotopic (exact) mass is 542 g/mol. The fraction of sp³-hybridized carbons (Fsp3) is 0.136. The molecule has 4 heteroatoms. The molecule has 0 spiro atoms. The summed E-state index contributed by atoms with van der Waals surface area (Å²) in [4.78, 5) is 12.2. The maximum absolute atomic E-state index is 12.2. The van der Waals surface area contributed by atoms with Gasteiger partial charge in [-0.3, -0.25) is 0 Å². The number of rotatable bonds is 6. The van der Waals surface area contributed by atoms with Gasteiger partial charge < -0.3 is 0 Å². The Bertz CT molecular complexity index is 839. The number of ether oxygens (including phenoxy) is 2. The van der Waals surface area contributed by atoms with Crippen molar-refractivity contribution in [3.8, 4) is 11.5 Å². The van der Waals surface area contributed by atoms with Crippen LogP contribution in [-0.2, 0) is 0 Å². The second kappa shape index (κ2) is 8.46. The number of benzene rings is 3. The van der Waals surface area contributed by atoms with Crippen LogP contribution in [0.5, 0.6) is 11.5 Å². The molecule has 3 nitrogen and oxygen atoms in total. The summed E-state index contributed by atoms with van der Waals surface area (Å²) in [5, 5.41) is 0. The van der Waals surface area contributed by atoms with E-state index in [2.05, 4.69) is 30.3 Å². The second-order valence-electron chi connectivity index (χ2n) is 5.80. The maximum atomic E-state index is 12.2. The summed E-state index contributed by atoms with van der Waals surface area (Å²) >= 11 is -2.62. The number of hydrogen-bond acceptors (Lipinski definition) is 3. The molecule has 0 radical (unpaired) electrons. The topological polar surface area (TPSA) is 35.5 Å². The molecule has 0 aliphatic carbocycles. The second-order valence-corrected chi connectivity index (χ2v) is 14.3. The van der Waals surface area contributed by atoms with Crippen LogP contribution >= 0.6 is 0 Å². The molecule has 132 valence electrons. The SMILES string of the molecule is COc1cc[c]([Bi]([c]2ccc(OC)cc2)[c]2ccccc2C(C)=O)cc1. The van der Waals surface area contributed by atoms with E-state index in [1.54, 1.807) is 21.1 Å². The van der Waals surface area contributed by atoms with Gasteiger partial charge in [-0.05, 0) is 0 Å². The van der Waals surface area contributed by atoms with Crippen molar-refractivity contribution in [3.05, 3.63) is 78.4 Å². The van der Waals surface area contributed by atoms with Gasteiger partial charge in [-0.25, -0.2) is 0 Å². The van der Waals surface area contributed by atoms with Crippen LogP contribution in [0.2, 0.25) is 0 Å². The standard InChI is InChI=1S/C8H7O.2C7H7O.Bi/c1-7(9)8-5-3-2-4-6-8;2*1-8-7-5-3-2-4-6-7;/h2-5H,1H3;2*3-6H,1H3;. The summed E-state index contributed by atoms with van der Waals surface area (Å²) in [6.07, 6.45) is 0. The third-order valence-electron chi connectivity index (χ3n) is 4.19. The Kier molecular flexibility index (Phi) is 6.05. The number of hydrogen-bond donors (Lipinski definition) is 0. The predicted molar refractivity (Wildman–Crippen MR) is 107 cm³/mol. The normalized spacial score (nSPS) is 10.6. The zero-order valence-electron chi connectivity index (χ0n) is 15.1. The van der Waals surface area contributed by atoms with Gasteiger partial charge in [-0.15, -0.1) is 0 Å². The van der Waals surface area contributed by atoms with Gasteiger partial charge in [-0.2, -0.15) is 0 Å². The molecule has 0 heterocycles. The van der Waals surface area contributed by atoms with E-state index in [1.807, 2.05) is 42.5 Å². The predicted octanol–water partition coefficient (Wildman–Crippen LogP) is 2.42. The Morgan fingerprint density at radius 2 is 1.19 bits per heavy atom. The van der Waals surface area contributed by atoms with Gasteiger partial charge >= 0.3 is 163 Å². The average molecular weight is 542 g/mol. The van der Waals surface area contributed by atoms with Crippen molar-refractivity contribution < 1.29 is 14.3 Å². The molecule has 26 heavy (non-hydrogen) atoms. The third kappa shape index (κ3) is 3.97. The Labute approximate surface area is 162 Å². The number of carbonyl (C=O) groups is 1. The molecule has 0 aliphatic heterocycles. The molecular formula is C22H21BiO3. The van der Waals surface area contributed by atoms with Crippen molar-refractivity contribution >= 4 is 37.3 Å². The van der Waals surface area contributed by atoms with E-state index in [0.717, 1.165) is 17.1 Å². The quantitative estimate of drug-likeness (QED) is 0.355. The Morgan fingerprint density at radius 3 is 1.62 bits per heavy atom. The molecule has 0 bridgehead atoms. The molecule has 3 rings (SSSR count). The first-order chi connectivity index (χ1) is 12.6. The zero-order chi connectivity index (χ0) is 18.5. The summed E-state index contributed by atoms with van der Waals surface area (Å²) in [7, 11) is 3.34. The molecule has 0 aliphatic rings. The first kappa shape index (κ1) is 18.6. The molecular weight excluding hydrogens is 521 g/mol. The van der Waals surface area contributed by atoms with Crippen molar-refractivity contribution in [1.29, 1.82) is 0 Å². The fourth-order valence-corrected chi connectivity index (χ4v) is 12.4. The van der Waals surface area contributed by atoms with Crippen LogP contribution in [-0.4, -0.2) is 41.8 Å². The van der Waals surface area contributed by atoms with Crippen molar-refractivity contribution in [2.75, 3.05) is 14.2 Å². The summed E-state index contributed by atoms with van der Waals surface area (Å²) < 4.78 is 14.4. The van der Waals surface area contributed by atoms with Gasteiger partial charge in [0.2, 0.25) is 0 Å². The van der Waals surface area contributed by atoms with Crippen molar-refractivity contribution in [3.63, 3.8) is 0 Å². The number of Topliss-reactive ketones (excluding diaryl/α,β-unsaturated/α-hetero) is 1. The molecule has 3 aromatic carbocycles. The van der Waals surface area contributed by atoms with Gasteiger partial charge in [0.05, 0.1) is 0 Å². The summed E-state index contributed by atoms with van der Waals surface area (Å²) in [5.74, 6) is 1.79. The first-order valence-corrected chi connectivity index (χ1v) is 13.5. The Hall–Kier alpha value is -2.19. The van der Waals surface area contributed by atoms with Gasteiger partial charge in [-0.1, -0.05) is 0 Å². The van der Waals surface area contributed by atoms with E-state index in [-0.39, 0.29) is 5.78 Å². The molecule has 0 saturated heterocycles. The molecule has 3 aromatic rings. The zero-order valence-corrected chi connectivity index (χ0v) is 18.6. The molecule has 0 unspecified atom stereocenters. The van der Waals surface area contributed by atoms with E-state index in [4.69, 9.17) is 9.47 Å². The van der Waals surface area contributed by atoms with Crippen molar-refractivity contribution in [2.24, 2.45) is 0 Å². The molecule has 0 aromatic heterocycles. The van der Waals surface area contributed by atoms with Crippen LogP contribution in [0.15, 0.2) is 72.8 Å². The van der Waals surface area contributed by atoms with E-state index >= 15 is 0 Å². The van der Waals surface area contributed by atoms with Crippen LogP contribution in [0, 0.1) is 0 Å². The van der Waals surface area contributed by atoms with E-state index in [0.29, 0.717) is 0 Å². The molecule has 0 saturated carbocycles. The van der Waals surface area contributed by atoms with Gasteiger partial charge in [0.25, 0.3) is 0 Å². The van der Waals surface area contributed by atoms with Crippen LogP contribution in [0.1, 0.15) is 17.3 Å². The minimum atomic E-state index is -2.62. The number of ketones is 1. The van der Waals surface area contributed by atoms with Crippen molar-refractivity contribution in [2.45, 2.75) is 6.92 Å². The summed E-state index contributed by atoms with van der Waals surface area (Å²) in [6.45, 7) is 1.64. The van der Waals surface area contributed by atoms with E-state index < -0.39 is 21.8 Å². The van der Waals surface area contributed by atoms with Gasteiger partial charge in [0.1, 0.15) is 0 Å². The van der Waals surface area contributed by atoms with Crippen LogP contribution in [0.4, 0.5) is 0 Å². The third-order valence-corrected chi connectivity index (χ3v) is 13.9. The molecule has 0 fully saturated rings. The molecule has 0 N–H and O–H groups in total. The van der Waals surface area contributed by atoms with Crippen LogP contribution < -0.4 is 19.3 Å². The number of carbonyl (C=O) groups excluding carboxylic acids is 1. The van der Waals surface area contributed by atoms with Gasteiger partial charge in [0.15, 0.2) is 0 Å². The summed E-state index contributed by atoms with van der Waals surface area (Å²) in [5.41, 5.74) is 0.830. The number of methoxy groups -OCH3 is 2. The van der Waals surface area contributed by atoms with Crippen molar-refractivity contribution in [1.82, 2.24) is 0 Å². The van der Waals surface area contributed by atoms with Gasteiger partial charge in [0, 0.05) is 0 Å². The van der Waals surface area contributed by atoms with Crippen LogP contribution in [0.3, 0.4) is 0 Å². The Morgan fingerprint density at radius 1 is 0.731 bits per heavy atom.